The molecule has 3 heterocycles. The van der Waals surface area contributed by atoms with Crippen LogP contribution in [0, 0.1) is 11.8 Å². The SMILES string of the molecule is CCc1cccc2c1NC(=O)[C@]21N[C@@H]([C@@H](C)O)[C@H]2C(=O)N(CCCOC)C(=O)[C@H]21. The first kappa shape index (κ1) is 20.0. The number of carbonyl (C=O) groups excluding carboxylic acids is 3. The van der Waals surface area contributed by atoms with Gasteiger partial charge in [-0.2, -0.15) is 0 Å². The number of carbonyl (C=O) groups is 3. The van der Waals surface area contributed by atoms with Gasteiger partial charge in [0.05, 0.1) is 17.9 Å². The van der Waals surface area contributed by atoms with Crippen LogP contribution in [0.2, 0.25) is 0 Å². The Kier molecular flexibility index (Phi) is 4.96. The molecule has 2 saturated heterocycles. The fourth-order valence-corrected chi connectivity index (χ4v) is 5.18. The summed E-state index contributed by atoms with van der Waals surface area (Å²) in [5.74, 6) is -2.71. The second-order valence-corrected chi connectivity index (χ2v) is 8.04. The maximum Gasteiger partial charge on any atom is 0.250 e. The molecule has 0 aromatic heterocycles. The third kappa shape index (κ3) is 2.66. The Labute approximate surface area is 169 Å². The number of likely N-dealkylation sites (tertiary alicyclic amines) is 1. The van der Waals surface area contributed by atoms with Crippen LogP contribution in [0.25, 0.3) is 0 Å². The number of amides is 3. The van der Waals surface area contributed by atoms with E-state index in [9.17, 15) is 19.5 Å². The number of rotatable bonds is 6. The molecule has 29 heavy (non-hydrogen) atoms. The minimum absolute atomic E-state index is 0.241. The van der Waals surface area contributed by atoms with E-state index >= 15 is 0 Å². The van der Waals surface area contributed by atoms with E-state index in [1.54, 1.807) is 14.0 Å². The number of aliphatic hydroxyl groups is 1. The Hall–Kier alpha value is -2.29. The Balaban J connectivity index is 1.82. The Morgan fingerprint density at radius 2 is 2.03 bits per heavy atom. The normalized spacial score (nSPS) is 31.4. The van der Waals surface area contributed by atoms with Gasteiger partial charge < -0.3 is 15.2 Å². The highest BCUT2D eigenvalue weighted by atomic mass is 16.5. The largest absolute Gasteiger partial charge is 0.392 e. The topological polar surface area (TPSA) is 108 Å². The van der Waals surface area contributed by atoms with E-state index in [0.29, 0.717) is 24.3 Å². The number of anilines is 1. The molecule has 1 aromatic carbocycles. The quantitative estimate of drug-likeness (QED) is 0.470. The van der Waals surface area contributed by atoms with E-state index in [1.807, 2.05) is 25.1 Å². The fraction of sp³-hybridized carbons (Fsp3) is 0.571. The number of nitrogens with one attached hydrogen (secondary N) is 2. The summed E-state index contributed by atoms with van der Waals surface area (Å²) < 4.78 is 5.04. The van der Waals surface area contributed by atoms with Gasteiger partial charge in [0, 0.05) is 37.6 Å². The number of aliphatic hydroxyl groups excluding tert-OH is 1. The lowest BCUT2D eigenvalue weighted by Crippen LogP contribution is -2.54. The van der Waals surface area contributed by atoms with Gasteiger partial charge in [0.25, 0.3) is 0 Å². The van der Waals surface area contributed by atoms with E-state index in [0.717, 1.165) is 12.0 Å². The molecule has 0 bridgehead atoms. The van der Waals surface area contributed by atoms with E-state index in [4.69, 9.17) is 4.74 Å². The number of hydrogen-bond donors (Lipinski definition) is 3. The van der Waals surface area contributed by atoms with Gasteiger partial charge in [0.15, 0.2) is 0 Å². The van der Waals surface area contributed by atoms with Crippen LogP contribution >= 0.6 is 0 Å². The summed E-state index contributed by atoms with van der Waals surface area (Å²) in [6.07, 6.45) is 0.350. The van der Waals surface area contributed by atoms with Crippen LogP contribution in [0.1, 0.15) is 31.4 Å². The number of para-hydroxylation sites is 1. The molecule has 1 spiro atoms. The Morgan fingerprint density at radius 3 is 2.69 bits per heavy atom. The predicted octanol–water partition coefficient (Wildman–Crippen LogP) is 0.387. The van der Waals surface area contributed by atoms with Crippen LogP contribution in [0.4, 0.5) is 5.69 Å². The number of benzene rings is 1. The number of fused-ring (bicyclic) bond motifs is 4. The molecule has 8 nitrogen and oxygen atoms in total. The molecule has 0 saturated carbocycles. The van der Waals surface area contributed by atoms with Crippen molar-refractivity contribution in [3.8, 4) is 0 Å². The van der Waals surface area contributed by atoms with Gasteiger partial charge in [-0.1, -0.05) is 25.1 Å². The van der Waals surface area contributed by atoms with Gasteiger partial charge in [-0.15, -0.1) is 0 Å². The maximum absolute atomic E-state index is 13.4. The van der Waals surface area contributed by atoms with Gasteiger partial charge in [-0.3, -0.25) is 24.6 Å². The molecule has 156 valence electrons. The fourth-order valence-electron chi connectivity index (χ4n) is 5.18. The van der Waals surface area contributed by atoms with Crippen LogP contribution in [-0.4, -0.2) is 60.1 Å². The summed E-state index contributed by atoms with van der Waals surface area (Å²) in [5.41, 5.74) is 1.01. The summed E-state index contributed by atoms with van der Waals surface area (Å²) in [7, 11) is 1.57. The van der Waals surface area contributed by atoms with Gasteiger partial charge in [0.1, 0.15) is 5.54 Å². The van der Waals surface area contributed by atoms with Crippen LogP contribution in [0.5, 0.6) is 0 Å². The first-order chi connectivity index (χ1) is 13.9. The van der Waals surface area contributed by atoms with Crippen molar-refractivity contribution < 1.29 is 24.2 Å². The number of nitrogens with zero attached hydrogens (tertiary/aromatic N) is 1. The summed E-state index contributed by atoms with van der Waals surface area (Å²) in [4.78, 5) is 41.1. The third-order valence-corrected chi connectivity index (χ3v) is 6.49. The molecule has 3 N–H and O–H groups in total. The Morgan fingerprint density at radius 1 is 1.28 bits per heavy atom. The van der Waals surface area contributed by atoms with Gasteiger partial charge in [0.2, 0.25) is 17.7 Å². The van der Waals surface area contributed by atoms with Crippen molar-refractivity contribution in [2.45, 2.75) is 44.4 Å². The number of ether oxygens (including phenoxy) is 1. The van der Waals surface area contributed by atoms with E-state index in [1.165, 1.54) is 4.90 Å². The molecule has 0 aliphatic carbocycles. The first-order valence-electron chi connectivity index (χ1n) is 10.1. The van der Waals surface area contributed by atoms with E-state index in [2.05, 4.69) is 10.6 Å². The number of imide groups is 1. The smallest absolute Gasteiger partial charge is 0.250 e. The molecule has 8 heteroatoms. The lowest BCUT2D eigenvalue weighted by atomic mass is 9.76. The van der Waals surface area contributed by atoms with Gasteiger partial charge >= 0.3 is 0 Å². The van der Waals surface area contributed by atoms with Crippen LogP contribution < -0.4 is 10.6 Å². The molecule has 3 aliphatic heterocycles. The molecular formula is C21H27N3O5. The lowest BCUT2D eigenvalue weighted by molar-refractivity contribution is -0.143. The molecule has 3 amide bonds. The minimum atomic E-state index is -1.35. The van der Waals surface area contributed by atoms with E-state index < -0.39 is 29.5 Å². The third-order valence-electron chi connectivity index (χ3n) is 6.49. The second-order valence-electron chi connectivity index (χ2n) is 8.04. The van der Waals surface area contributed by atoms with Crippen LogP contribution in [-0.2, 0) is 31.1 Å². The second kappa shape index (κ2) is 7.19. The summed E-state index contributed by atoms with van der Waals surface area (Å²) >= 11 is 0. The molecule has 0 radical (unpaired) electrons. The first-order valence-corrected chi connectivity index (χ1v) is 10.1. The summed E-state index contributed by atoms with van der Waals surface area (Å²) in [5, 5.41) is 16.5. The zero-order chi connectivity index (χ0) is 20.9. The zero-order valence-electron chi connectivity index (χ0n) is 16.9. The standard InChI is InChI=1S/C21H27N3O5/c1-4-12-7-5-8-13-17(12)22-20(28)21(13)15-14(16(23-21)11(2)25)18(26)24(19(15)27)9-6-10-29-3/h5,7-8,11,14-16,23,25H,4,6,9-10H2,1-3H3,(H,22,28)/t11-,14+,15+,16+,21+/m1/s1. The molecule has 2 fully saturated rings. The highest BCUT2D eigenvalue weighted by Gasteiger charge is 2.71. The average Bonchev–Trinajstić information content (AvgIpc) is 3.28. The molecule has 4 rings (SSSR count). The van der Waals surface area contributed by atoms with Crippen molar-refractivity contribution in [2.24, 2.45) is 11.8 Å². The molecule has 3 aliphatic rings. The van der Waals surface area contributed by atoms with Gasteiger partial charge in [-0.05, 0) is 25.3 Å². The summed E-state index contributed by atoms with van der Waals surface area (Å²) in [6.45, 7) is 4.25. The molecule has 1 aromatic rings. The predicted molar refractivity (Wildman–Crippen MR) is 105 cm³/mol. The van der Waals surface area contributed by atoms with Crippen molar-refractivity contribution in [3.05, 3.63) is 29.3 Å². The number of aryl methyl sites for hydroxylation is 1. The van der Waals surface area contributed by atoms with Gasteiger partial charge in [-0.25, -0.2) is 0 Å². The molecule has 5 atom stereocenters. The van der Waals surface area contributed by atoms with E-state index in [-0.39, 0.29) is 24.3 Å². The van der Waals surface area contributed by atoms with Crippen molar-refractivity contribution in [3.63, 3.8) is 0 Å². The molecule has 0 unspecified atom stereocenters. The highest BCUT2D eigenvalue weighted by molar-refractivity contribution is 6.15. The monoisotopic (exact) mass is 401 g/mol. The minimum Gasteiger partial charge on any atom is -0.392 e. The van der Waals surface area contributed by atoms with Crippen molar-refractivity contribution in [1.29, 1.82) is 0 Å². The maximum atomic E-state index is 13.4. The average molecular weight is 401 g/mol. The Bertz CT molecular complexity index is 870. The molecular weight excluding hydrogens is 374 g/mol. The number of hydrogen-bond acceptors (Lipinski definition) is 6. The van der Waals surface area contributed by atoms with Crippen molar-refractivity contribution >= 4 is 23.4 Å². The van der Waals surface area contributed by atoms with Crippen LogP contribution in [0.3, 0.4) is 0 Å². The number of methoxy groups -OCH3 is 1. The lowest BCUT2D eigenvalue weighted by Gasteiger charge is -2.30. The highest BCUT2D eigenvalue weighted by Crippen LogP contribution is 2.53. The van der Waals surface area contributed by atoms with Crippen LogP contribution in [0.15, 0.2) is 18.2 Å². The zero-order valence-corrected chi connectivity index (χ0v) is 16.9. The van der Waals surface area contributed by atoms with Crippen molar-refractivity contribution in [2.75, 3.05) is 25.6 Å². The van der Waals surface area contributed by atoms with Crippen molar-refractivity contribution in [1.82, 2.24) is 10.2 Å². The summed E-state index contributed by atoms with van der Waals surface area (Å²) in [6, 6.07) is 4.94.